The molecule has 1 fully saturated rings. The molecule has 5 nitrogen and oxygen atoms in total. The third-order valence-electron chi connectivity index (χ3n) is 5.03. The number of amides is 2. The van der Waals surface area contributed by atoms with Gasteiger partial charge >= 0.3 is 6.03 Å². The molecule has 24 heavy (non-hydrogen) atoms. The topological polar surface area (TPSA) is 64.6 Å². The van der Waals surface area contributed by atoms with Crippen molar-refractivity contribution in [2.45, 2.75) is 38.3 Å². The second kappa shape index (κ2) is 8.20. The van der Waals surface area contributed by atoms with Crippen LogP contribution in [-0.4, -0.2) is 36.9 Å². The maximum absolute atomic E-state index is 12.1. The zero-order valence-electron chi connectivity index (χ0n) is 14.1. The lowest BCUT2D eigenvalue weighted by Crippen LogP contribution is -2.47. The van der Waals surface area contributed by atoms with E-state index in [9.17, 15) is 9.90 Å². The van der Waals surface area contributed by atoms with E-state index in [0.717, 1.165) is 44.3 Å². The molecule has 130 valence electrons. The standard InChI is InChI=1S/C19H27N3O2/c23-14-16-5-1-2-6-18(16)21-19(24)20-13-15-7-9-17(10-8-15)22-11-3-4-12-22/h3-4,7-10,16,18,23H,1-2,5-6,11-14H2,(H2,20,21,24). The van der Waals surface area contributed by atoms with Gasteiger partial charge in [0.15, 0.2) is 0 Å². The number of urea groups is 1. The van der Waals surface area contributed by atoms with Gasteiger partial charge in [-0.05, 0) is 30.5 Å². The van der Waals surface area contributed by atoms with Crippen molar-refractivity contribution >= 4 is 11.7 Å². The van der Waals surface area contributed by atoms with Crippen molar-refractivity contribution in [1.82, 2.24) is 10.6 Å². The summed E-state index contributed by atoms with van der Waals surface area (Å²) < 4.78 is 0. The number of carbonyl (C=O) groups excluding carboxylic acids is 1. The fourth-order valence-electron chi connectivity index (χ4n) is 3.53. The predicted octanol–water partition coefficient (Wildman–Crippen LogP) is 2.41. The minimum atomic E-state index is -0.145. The average molecular weight is 329 g/mol. The molecule has 5 heteroatoms. The molecule has 0 aromatic heterocycles. The summed E-state index contributed by atoms with van der Waals surface area (Å²) in [6.45, 7) is 2.60. The van der Waals surface area contributed by atoms with E-state index in [0.29, 0.717) is 6.54 Å². The summed E-state index contributed by atoms with van der Waals surface area (Å²) in [5, 5.41) is 15.4. The Morgan fingerprint density at radius 1 is 1.12 bits per heavy atom. The molecule has 0 saturated heterocycles. The molecule has 1 aliphatic heterocycles. The number of rotatable bonds is 5. The van der Waals surface area contributed by atoms with Crippen molar-refractivity contribution in [3.8, 4) is 0 Å². The van der Waals surface area contributed by atoms with Gasteiger partial charge in [0.25, 0.3) is 0 Å². The van der Waals surface area contributed by atoms with Gasteiger partial charge in [0.1, 0.15) is 0 Å². The van der Waals surface area contributed by atoms with E-state index in [4.69, 9.17) is 0 Å². The monoisotopic (exact) mass is 329 g/mol. The highest BCUT2D eigenvalue weighted by atomic mass is 16.3. The SMILES string of the molecule is O=C(NCc1ccc(N2CC=CC2)cc1)NC1CCCCC1CO. The van der Waals surface area contributed by atoms with Crippen LogP contribution < -0.4 is 15.5 Å². The van der Waals surface area contributed by atoms with E-state index in [1.54, 1.807) is 0 Å². The van der Waals surface area contributed by atoms with Crippen LogP contribution in [0.2, 0.25) is 0 Å². The van der Waals surface area contributed by atoms with Crippen LogP contribution in [0.4, 0.5) is 10.5 Å². The normalized spacial score (nSPS) is 23.3. The molecule has 1 heterocycles. The molecule has 3 rings (SSSR count). The summed E-state index contributed by atoms with van der Waals surface area (Å²) in [4.78, 5) is 14.4. The lowest BCUT2D eigenvalue weighted by Gasteiger charge is -2.30. The summed E-state index contributed by atoms with van der Waals surface area (Å²) in [7, 11) is 0. The maximum Gasteiger partial charge on any atom is 0.315 e. The highest BCUT2D eigenvalue weighted by Gasteiger charge is 2.25. The molecule has 1 aromatic rings. The van der Waals surface area contributed by atoms with E-state index in [1.165, 1.54) is 5.69 Å². The van der Waals surface area contributed by atoms with E-state index in [-0.39, 0.29) is 24.6 Å². The smallest absolute Gasteiger partial charge is 0.315 e. The van der Waals surface area contributed by atoms with Gasteiger partial charge in [0, 0.05) is 43.9 Å². The first-order valence-electron chi connectivity index (χ1n) is 8.90. The van der Waals surface area contributed by atoms with E-state index < -0.39 is 0 Å². The van der Waals surface area contributed by atoms with Crippen LogP contribution in [0.1, 0.15) is 31.2 Å². The van der Waals surface area contributed by atoms with Gasteiger partial charge in [-0.15, -0.1) is 0 Å². The van der Waals surface area contributed by atoms with Gasteiger partial charge in [-0.3, -0.25) is 0 Å². The predicted molar refractivity (Wildman–Crippen MR) is 96.0 cm³/mol. The molecule has 1 aromatic carbocycles. The van der Waals surface area contributed by atoms with E-state index in [2.05, 4.69) is 52.0 Å². The van der Waals surface area contributed by atoms with Crippen LogP contribution in [-0.2, 0) is 6.54 Å². The molecule has 0 bridgehead atoms. The summed E-state index contributed by atoms with van der Waals surface area (Å²) in [6.07, 6.45) is 8.55. The highest BCUT2D eigenvalue weighted by Crippen LogP contribution is 2.23. The fourth-order valence-corrected chi connectivity index (χ4v) is 3.53. The van der Waals surface area contributed by atoms with Crippen LogP contribution in [0.3, 0.4) is 0 Å². The average Bonchev–Trinajstić information content (AvgIpc) is 3.15. The molecule has 2 amide bonds. The second-order valence-corrected chi connectivity index (χ2v) is 6.70. The number of hydrogen-bond donors (Lipinski definition) is 3. The Hall–Kier alpha value is -2.01. The molecule has 0 radical (unpaired) electrons. The largest absolute Gasteiger partial charge is 0.396 e. The minimum Gasteiger partial charge on any atom is -0.396 e. The van der Waals surface area contributed by atoms with E-state index >= 15 is 0 Å². The van der Waals surface area contributed by atoms with Crippen LogP contribution >= 0.6 is 0 Å². The summed E-state index contributed by atoms with van der Waals surface area (Å²) >= 11 is 0. The lowest BCUT2D eigenvalue weighted by atomic mass is 9.85. The van der Waals surface area contributed by atoms with Crippen LogP contribution in [0.25, 0.3) is 0 Å². The zero-order valence-corrected chi connectivity index (χ0v) is 14.1. The Bertz CT molecular complexity index is 562. The van der Waals surface area contributed by atoms with Gasteiger partial charge in [-0.25, -0.2) is 4.79 Å². The third-order valence-corrected chi connectivity index (χ3v) is 5.03. The molecular weight excluding hydrogens is 302 g/mol. The number of anilines is 1. The van der Waals surface area contributed by atoms with E-state index in [1.807, 2.05) is 0 Å². The molecule has 1 saturated carbocycles. The van der Waals surface area contributed by atoms with Crippen molar-refractivity contribution < 1.29 is 9.90 Å². The quantitative estimate of drug-likeness (QED) is 0.727. The van der Waals surface area contributed by atoms with Crippen molar-refractivity contribution in [1.29, 1.82) is 0 Å². The number of nitrogens with one attached hydrogen (secondary N) is 2. The van der Waals surface area contributed by atoms with Crippen molar-refractivity contribution in [2.24, 2.45) is 5.92 Å². The number of aliphatic hydroxyl groups is 1. The molecule has 1 aliphatic carbocycles. The minimum absolute atomic E-state index is 0.0915. The van der Waals surface area contributed by atoms with Gasteiger partial charge in [-0.1, -0.05) is 37.1 Å². The number of nitrogens with zero attached hydrogens (tertiary/aromatic N) is 1. The number of hydrogen-bond acceptors (Lipinski definition) is 3. The lowest BCUT2D eigenvalue weighted by molar-refractivity contribution is 0.153. The molecular formula is C19H27N3O2. The molecule has 2 aliphatic rings. The van der Waals surface area contributed by atoms with Crippen molar-refractivity contribution in [3.63, 3.8) is 0 Å². The second-order valence-electron chi connectivity index (χ2n) is 6.70. The Morgan fingerprint density at radius 2 is 1.83 bits per heavy atom. The Morgan fingerprint density at radius 3 is 2.54 bits per heavy atom. The van der Waals surface area contributed by atoms with Gasteiger partial charge in [-0.2, -0.15) is 0 Å². The van der Waals surface area contributed by atoms with Crippen LogP contribution in [0.15, 0.2) is 36.4 Å². The first-order valence-corrected chi connectivity index (χ1v) is 8.90. The van der Waals surface area contributed by atoms with Crippen LogP contribution in [0, 0.1) is 5.92 Å². The summed E-state index contributed by atoms with van der Waals surface area (Å²) in [5.74, 6) is 0.192. The van der Waals surface area contributed by atoms with Crippen molar-refractivity contribution in [2.75, 3.05) is 24.6 Å². The fraction of sp³-hybridized carbons (Fsp3) is 0.526. The first-order chi connectivity index (χ1) is 11.8. The molecule has 2 atom stereocenters. The Balaban J connectivity index is 1.45. The van der Waals surface area contributed by atoms with Gasteiger partial charge < -0.3 is 20.6 Å². The molecule has 3 N–H and O–H groups in total. The van der Waals surface area contributed by atoms with Gasteiger partial charge in [0.2, 0.25) is 0 Å². The van der Waals surface area contributed by atoms with Crippen molar-refractivity contribution in [3.05, 3.63) is 42.0 Å². The molecule has 2 unspecified atom stereocenters. The highest BCUT2D eigenvalue weighted by molar-refractivity contribution is 5.74. The zero-order chi connectivity index (χ0) is 16.8. The van der Waals surface area contributed by atoms with Gasteiger partial charge in [0.05, 0.1) is 0 Å². The first kappa shape index (κ1) is 16.8. The Labute approximate surface area is 143 Å². The number of carbonyl (C=O) groups is 1. The Kier molecular flexibility index (Phi) is 5.75. The summed E-state index contributed by atoms with van der Waals surface area (Å²) in [5.41, 5.74) is 2.30. The summed E-state index contributed by atoms with van der Waals surface area (Å²) in [6, 6.07) is 8.27. The molecule has 0 spiro atoms. The van der Waals surface area contributed by atoms with Crippen LogP contribution in [0.5, 0.6) is 0 Å². The third kappa shape index (κ3) is 4.29. The number of benzene rings is 1. The maximum atomic E-state index is 12.1. The number of aliphatic hydroxyl groups excluding tert-OH is 1.